The molecule has 2 aromatic heterocycles. The highest BCUT2D eigenvalue weighted by molar-refractivity contribution is 7.12. The van der Waals surface area contributed by atoms with Crippen LogP contribution in [-0.4, -0.2) is 9.55 Å². The SMILES string of the molecule is Cc1cc(C(C)n2c(N)cc(=O)[nH]c2=O)c(C)s1. The number of thiophene rings is 1. The fourth-order valence-electron chi connectivity index (χ4n) is 2.13. The standard InChI is InChI=1S/C12H15N3O2S/c1-6-4-9(8(3)18-6)7(2)15-10(13)5-11(16)14-12(15)17/h4-5,7H,13H2,1-3H3,(H,14,16,17). The molecule has 18 heavy (non-hydrogen) atoms. The highest BCUT2D eigenvalue weighted by Crippen LogP contribution is 2.28. The molecule has 0 saturated carbocycles. The van der Waals surface area contributed by atoms with Gasteiger partial charge < -0.3 is 5.73 Å². The average Bonchev–Trinajstić information content (AvgIpc) is 2.56. The summed E-state index contributed by atoms with van der Waals surface area (Å²) < 4.78 is 1.40. The van der Waals surface area contributed by atoms with Gasteiger partial charge in [0.15, 0.2) is 0 Å². The molecule has 0 radical (unpaired) electrons. The molecule has 0 amide bonds. The molecule has 6 heteroatoms. The van der Waals surface area contributed by atoms with Gasteiger partial charge in [-0.3, -0.25) is 14.3 Å². The van der Waals surface area contributed by atoms with Crippen molar-refractivity contribution >= 4 is 17.2 Å². The first-order valence-electron chi connectivity index (χ1n) is 5.58. The number of nitrogens with zero attached hydrogens (tertiary/aromatic N) is 1. The highest BCUT2D eigenvalue weighted by atomic mass is 32.1. The van der Waals surface area contributed by atoms with E-state index in [4.69, 9.17) is 5.73 Å². The van der Waals surface area contributed by atoms with Gasteiger partial charge in [0.2, 0.25) is 0 Å². The van der Waals surface area contributed by atoms with Gasteiger partial charge in [0.25, 0.3) is 5.56 Å². The molecule has 0 aliphatic rings. The number of aromatic nitrogens is 2. The van der Waals surface area contributed by atoms with Crippen LogP contribution in [0.1, 0.15) is 28.3 Å². The minimum Gasteiger partial charge on any atom is -0.385 e. The topological polar surface area (TPSA) is 80.9 Å². The minimum absolute atomic E-state index is 0.180. The third kappa shape index (κ3) is 2.11. The monoisotopic (exact) mass is 265 g/mol. The number of nitrogen functional groups attached to an aromatic ring is 1. The van der Waals surface area contributed by atoms with Crippen molar-refractivity contribution in [2.24, 2.45) is 0 Å². The molecule has 0 bridgehead atoms. The van der Waals surface area contributed by atoms with Crippen molar-refractivity contribution in [3.63, 3.8) is 0 Å². The summed E-state index contributed by atoms with van der Waals surface area (Å²) in [4.78, 5) is 27.5. The van der Waals surface area contributed by atoms with Crippen LogP contribution in [-0.2, 0) is 0 Å². The van der Waals surface area contributed by atoms with Crippen LogP contribution in [0.4, 0.5) is 5.82 Å². The van der Waals surface area contributed by atoms with Gasteiger partial charge in [0.05, 0.1) is 6.04 Å². The summed E-state index contributed by atoms with van der Waals surface area (Å²) >= 11 is 1.68. The second kappa shape index (κ2) is 4.45. The fourth-order valence-corrected chi connectivity index (χ4v) is 3.14. The summed E-state index contributed by atoms with van der Waals surface area (Å²) in [7, 11) is 0. The Morgan fingerprint density at radius 1 is 1.33 bits per heavy atom. The Hall–Kier alpha value is -1.82. The zero-order chi connectivity index (χ0) is 13.4. The van der Waals surface area contributed by atoms with Crippen LogP contribution in [0.3, 0.4) is 0 Å². The third-order valence-corrected chi connectivity index (χ3v) is 3.90. The third-order valence-electron chi connectivity index (χ3n) is 2.92. The molecule has 0 aromatic carbocycles. The average molecular weight is 265 g/mol. The molecule has 2 rings (SSSR count). The van der Waals surface area contributed by atoms with Crippen molar-refractivity contribution < 1.29 is 0 Å². The Labute approximate surface area is 108 Å². The van der Waals surface area contributed by atoms with E-state index in [-0.39, 0.29) is 11.9 Å². The van der Waals surface area contributed by atoms with Gasteiger partial charge in [-0.25, -0.2) is 4.79 Å². The van der Waals surface area contributed by atoms with Gasteiger partial charge in [-0.1, -0.05) is 0 Å². The summed E-state index contributed by atoms with van der Waals surface area (Å²) in [5.74, 6) is 0.180. The predicted molar refractivity (Wildman–Crippen MR) is 73.3 cm³/mol. The summed E-state index contributed by atoms with van der Waals surface area (Å²) in [6, 6.07) is 3.08. The maximum absolute atomic E-state index is 11.8. The first-order chi connectivity index (χ1) is 8.40. The lowest BCUT2D eigenvalue weighted by atomic mass is 10.1. The Morgan fingerprint density at radius 2 is 2.00 bits per heavy atom. The van der Waals surface area contributed by atoms with Gasteiger partial charge in [0, 0.05) is 15.8 Å². The Morgan fingerprint density at radius 3 is 2.50 bits per heavy atom. The van der Waals surface area contributed by atoms with Crippen molar-refractivity contribution in [2.75, 3.05) is 5.73 Å². The maximum atomic E-state index is 11.8. The zero-order valence-corrected chi connectivity index (χ0v) is 11.3. The number of nitrogens with two attached hydrogens (primary N) is 1. The van der Waals surface area contributed by atoms with E-state index in [1.54, 1.807) is 11.3 Å². The molecule has 0 aliphatic heterocycles. The molecule has 3 N–H and O–H groups in total. The van der Waals surface area contributed by atoms with Crippen LogP contribution < -0.4 is 17.0 Å². The number of hydrogen-bond acceptors (Lipinski definition) is 4. The Balaban J connectivity index is 2.60. The van der Waals surface area contributed by atoms with Gasteiger partial charge in [0.1, 0.15) is 5.82 Å². The van der Waals surface area contributed by atoms with Crippen molar-refractivity contribution in [1.29, 1.82) is 0 Å². The molecular weight excluding hydrogens is 250 g/mol. The van der Waals surface area contributed by atoms with Gasteiger partial charge in [-0.2, -0.15) is 0 Å². The first-order valence-corrected chi connectivity index (χ1v) is 6.40. The normalized spacial score (nSPS) is 12.6. The van der Waals surface area contributed by atoms with Crippen LogP contribution >= 0.6 is 11.3 Å². The lowest BCUT2D eigenvalue weighted by molar-refractivity contribution is 0.603. The van der Waals surface area contributed by atoms with E-state index >= 15 is 0 Å². The van der Waals surface area contributed by atoms with E-state index in [1.165, 1.54) is 15.5 Å². The molecule has 0 aliphatic carbocycles. The van der Waals surface area contributed by atoms with E-state index < -0.39 is 11.2 Å². The van der Waals surface area contributed by atoms with Crippen LogP contribution in [0.25, 0.3) is 0 Å². The lowest BCUT2D eigenvalue weighted by Gasteiger charge is -2.16. The van der Waals surface area contributed by atoms with Crippen LogP contribution in [0.15, 0.2) is 21.7 Å². The molecule has 96 valence electrons. The molecule has 5 nitrogen and oxygen atoms in total. The summed E-state index contributed by atoms with van der Waals surface area (Å²) in [5.41, 5.74) is 5.87. The van der Waals surface area contributed by atoms with Crippen LogP contribution in [0, 0.1) is 13.8 Å². The van der Waals surface area contributed by atoms with Crippen LogP contribution in [0.5, 0.6) is 0 Å². The Bertz CT molecular complexity index is 696. The number of nitrogens with one attached hydrogen (secondary N) is 1. The maximum Gasteiger partial charge on any atom is 0.330 e. The number of aromatic amines is 1. The minimum atomic E-state index is -0.476. The largest absolute Gasteiger partial charge is 0.385 e. The second-order valence-electron chi connectivity index (χ2n) is 4.28. The summed E-state index contributed by atoms with van der Waals surface area (Å²) in [5, 5.41) is 0. The van der Waals surface area contributed by atoms with Gasteiger partial charge in [-0.05, 0) is 32.4 Å². The molecular formula is C12H15N3O2S. The number of anilines is 1. The smallest absolute Gasteiger partial charge is 0.330 e. The number of hydrogen-bond donors (Lipinski definition) is 2. The Kier molecular flexibility index (Phi) is 3.13. The van der Waals surface area contributed by atoms with Gasteiger partial charge >= 0.3 is 5.69 Å². The number of rotatable bonds is 2. The van der Waals surface area contributed by atoms with Crippen molar-refractivity contribution in [1.82, 2.24) is 9.55 Å². The van der Waals surface area contributed by atoms with E-state index in [2.05, 4.69) is 4.98 Å². The van der Waals surface area contributed by atoms with Crippen molar-refractivity contribution in [3.05, 3.63) is 48.3 Å². The van der Waals surface area contributed by atoms with Crippen LogP contribution in [0.2, 0.25) is 0 Å². The van der Waals surface area contributed by atoms with E-state index in [0.717, 1.165) is 10.4 Å². The lowest BCUT2D eigenvalue weighted by Crippen LogP contribution is -2.33. The molecule has 1 unspecified atom stereocenters. The van der Waals surface area contributed by atoms with Crippen molar-refractivity contribution in [3.8, 4) is 0 Å². The molecule has 0 spiro atoms. The number of aryl methyl sites for hydroxylation is 2. The molecule has 1 atom stereocenters. The predicted octanol–water partition coefficient (Wildman–Crippen LogP) is 1.41. The quantitative estimate of drug-likeness (QED) is 0.861. The zero-order valence-electron chi connectivity index (χ0n) is 10.5. The number of H-pyrrole nitrogens is 1. The summed E-state index contributed by atoms with van der Waals surface area (Å²) in [6.07, 6.45) is 0. The molecule has 0 fully saturated rings. The van der Waals surface area contributed by atoms with E-state index in [1.807, 2.05) is 26.8 Å². The van der Waals surface area contributed by atoms with E-state index in [9.17, 15) is 9.59 Å². The second-order valence-corrected chi connectivity index (χ2v) is 5.74. The molecule has 0 saturated heterocycles. The van der Waals surface area contributed by atoms with E-state index in [0.29, 0.717) is 0 Å². The van der Waals surface area contributed by atoms with Crippen molar-refractivity contribution in [2.45, 2.75) is 26.8 Å². The highest BCUT2D eigenvalue weighted by Gasteiger charge is 2.16. The van der Waals surface area contributed by atoms with Gasteiger partial charge in [-0.15, -0.1) is 11.3 Å². The fraction of sp³-hybridized carbons (Fsp3) is 0.333. The summed E-state index contributed by atoms with van der Waals surface area (Å²) in [6.45, 7) is 5.92. The molecule has 2 aromatic rings. The first kappa shape index (κ1) is 12.6. The molecule has 2 heterocycles.